The van der Waals surface area contributed by atoms with Crippen molar-refractivity contribution in [1.29, 1.82) is 0 Å². The highest BCUT2D eigenvalue weighted by molar-refractivity contribution is 6.14. The van der Waals surface area contributed by atoms with Gasteiger partial charge in [-0.05, 0) is 43.2 Å². The van der Waals surface area contributed by atoms with Crippen LogP contribution in [0, 0.1) is 0 Å². The molecule has 0 fully saturated rings. The largest absolute Gasteiger partial charge is 0.465 e. The average Bonchev–Trinajstić information content (AvgIpc) is 3.62. The standard InChI is InChI=1S/C53H77N7O17/c1-2-14-58(52(65)44-38-42-9-10-43(39-46(42)57-47(54)40-44)51(64)56-45-7-4-3-5-8-45)15-6-16-59(53(66)67)17-19-69-21-23-71-25-27-73-29-31-75-33-35-77-37-36-76-34-32-74-30-28-72-26-24-70-22-20-68-18-13-55-48(61)41-60-49(62)11-12-50(60)63/h3-5,7-12,38-39H,2,6,13-37,40-41H2,1H3,(H2,54,57)(H,55,61)(H,56,64)(H,66,67). The molecule has 0 unspecified atom stereocenters. The van der Waals surface area contributed by atoms with E-state index in [4.69, 9.17) is 53.1 Å². The molecule has 24 heteroatoms. The predicted octanol–water partition coefficient (Wildman–Crippen LogP) is 2.53. The Hall–Kier alpha value is -6.19. The molecule has 0 saturated heterocycles. The van der Waals surface area contributed by atoms with E-state index >= 15 is 0 Å². The number of amidine groups is 1. The number of fused-ring (bicyclic) bond motifs is 1. The fourth-order valence-electron chi connectivity index (χ4n) is 7.24. The first-order chi connectivity index (χ1) is 37.5. The lowest BCUT2D eigenvalue weighted by Crippen LogP contribution is -2.41. The summed E-state index contributed by atoms with van der Waals surface area (Å²) in [5.74, 6) is -1.70. The molecule has 2 heterocycles. The Morgan fingerprint density at radius 1 is 0.623 bits per heavy atom. The summed E-state index contributed by atoms with van der Waals surface area (Å²) in [5, 5.41) is 15.3. The van der Waals surface area contributed by atoms with E-state index in [0.29, 0.717) is 173 Å². The van der Waals surface area contributed by atoms with Crippen LogP contribution in [-0.2, 0) is 66.5 Å². The lowest BCUT2D eigenvalue weighted by Gasteiger charge is -2.25. The zero-order valence-electron chi connectivity index (χ0n) is 44.2. The van der Waals surface area contributed by atoms with Crippen molar-refractivity contribution in [2.45, 2.75) is 26.2 Å². The van der Waals surface area contributed by atoms with Crippen molar-refractivity contribution >= 4 is 58.9 Å². The molecule has 0 radical (unpaired) electrons. The number of benzene rings is 2. The molecule has 0 spiro atoms. The number of carbonyl (C=O) groups is 6. The molecule has 2 aliphatic rings. The van der Waals surface area contributed by atoms with Crippen LogP contribution in [0.5, 0.6) is 0 Å². The van der Waals surface area contributed by atoms with Gasteiger partial charge in [-0.3, -0.25) is 28.9 Å². The van der Waals surface area contributed by atoms with E-state index in [2.05, 4.69) is 15.6 Å². The van der Waals surface area contributed by atoms with Crippen LogP contribution in [-0.4, -0.2) is 233 Å². The number of ether oxygens (including phenoxy) is 10. The van der Waals surface area contributed by atoms with E-state index in [9.17, 15) is 33.9 Å². The third-order valence-corrected chi connectivity index (χ3v) is 11.1. The van der Waals surface area contributed by atoms with Crippen LogP contribution >= 0.6 is 0 Å². The molecule has 2 aliphatic heterocycles. The SMILES string of the molecule is CCCN(CCCN(CCOCCOCCOCCOCCOCCOCCOCCOCCOCCOCCNC(=O)CN1C(=O)C=CC1=O)C(=O)O)C(=O)C1=Cc2ccc(C(=O)Nc3ccccc3)cc2N=C(N)C1. The van der Waals surface area contributed by atoms with Gasteiger partial charge >= 0.3 is 6.09 Å². The summed E-state index contributed by atoms with van der Waals surface area (Å²) < 4.78 is 55.0. The van der Waals surface area contributed by atoms with Crippen LogP contribution in [0.15, 0.2) is 71.2 Å². The van der Waals surface area contributed by atoms with Crippen LogP contribution in [0.2, 0.25) is 0 Å². The Bertz CT molecular complexity index is 2160. The molecule has 0 aromatic heterocycles. The predicted molar refractivity (Wildman–Crippen MR) is 283 cm³/mol. The number of hydrogen-bond donors (Lipinski definition) is 4. The highest BCUT2D eigenvalue weighted by atomic mass is 16.6. The van der Waals surface area contributed by atoms with E-state index < -0.39 is 23.8 Å². The van der Waals surface area contributed by atoms with E-state index in [0.717, 1.165) is 17.1 Å². The molecule has 0 bridgehead atoms. The molecule has 4 rings (SSSR count). The summed E-state index contributed by atoms with van der Waals surface area (Å²) in [7, 11) is 0. The number of nitrogens with two attached hydrogens (primary N) is 1. The highest BCUT2D eigenvalue weighted by Gasteiger charge is 2.26. The van der Waals surface area contributed by atoms with Crippen molar-refractivity contribution in [3.63, 3.8) is 0 Å². The number of imide groups is 1. The number of nitrogens with one attached hydrogen (secondary N) is 2. The minimum absolute atomic E-state index is 0.132. The van der Waals surface area contributed by atoms with Crippen molar-refractivity contribution in [3.05, 3.63) is 77.4 Å². The van der Waals surface area contributed by atoms with Gasteiger partial charge in [-0.15, -0.1) is 0 Å². The molecule has 0 aliphatic carbocycles. The first kappa shape index (κ1) is 63.3. The Morgan fingerprint density at radius 2 is 1.10 bits per heavy atom. The molecule has 2 aromatic rings. The van der Waals surface area contributed by atoms with Gasteiger partial charge in [-0.2, -0.15) is 0 Å². The number of amides is 6. The Morgan fingerprint density at radius 3 is 1.60 bits per heavy atom. The summed E-state index contributed by atoms with van der Waals surface area (Å²) in [4.78, 5) is 81.9. The maximum absolute atomic E-state index is 13.8. The number of para-hydroxylation sites is 1. The Balaban J connectivity index is 0.882. The second-order valence-electron chi connectivity index (χ2n) is 17.0. The van der Waals surface area contributed by atoms with Gasteiger partial charge in [0.2, 0.25) is 11.8 Å². The fraction of sp³-hybridized carbons (Fsp3) is 0.566. The minimum Gasteiger partial charge on any atom is -0.465 e. The first-order valence-corrected chi connectivity index (χ1v) is 25.9. The number of carbonyl (C=O) groups excluding carboxylic acids is 5. The molecule has 77 heavy (non-hydrogen) atoms. The van der Waals surface area contributed by atoms with Crippen molar-refractivity contribution in [2.24, 2.45) is 10.7 Å². The molecule has 5 N–H and O–H groups in total. The van der Waals surface area contributed by atoms with Crippen LogP contribution in [0.4, 0.5) is 16.2 Å². The smallest absolute Gasteiger partial charge is 0.407 e. The van der Waals surface area contributed by atoms with Gasteiger partial charge in [-0.1, -0.05) is 31.2 Å². The monoisotopic (exact) mass is 1080 g/mol. The Labute approximate surface area is 450 Å². The second kappa shape index (κ2) is 39.2. The van der Waals surface area contributed by atoms with E-state index in [1.807, 2.05) is 25.1 Å². The number of carboxylic acid groups (broad SMARTS) is 1. The number of rotatable bonds is 44. The van der Waals surface area contributed by atoms with Crippen LogP contribution in [0.1, 0.15) is 42.1 Å². The van der Waals surface area contributed by atoms with Crippen molar-refractivity contribution in [3.8, 4) is 0 Å². The first-order valence-electron chi connectivity index (χ1n) is 25.9. The van der Waals surface area contributed by atoms with Gasteiger partial charge in [0, 0.05) is 73.7 Å². The normalized spacial score (nSPS) is 13.0. The fourth-order valence-corrected chi connectivity index (χ4v) is 7.24. The molecular formula is C53H77N7O17. The van der Waals surface area contributed by atoms with Gasteiger partial charge < -0.3 is 78.6 Å². The highest BCUT2D eigenvalue weighted by Crippen LogP contribution is 2.29. The van der Waals surface area contributed by atoms with Crippen molar-refractivity contribution in [2.75, 3.05) is 177 Å². The molecular weight excluding hydrogens is 1010 g/mol. The zero-order valence-corrected chi connectivity index (χ0v) is 44.2. The van der Waals surface area contributed by atoms with Gasteiger partial charge in [0.1, 0.15) is 12.4 Å². The van der Waals surface area contributed by atoms with Gasteiger partial charge in [-0.25, -0.2) is 9.79 Å². The third-order valence-electron chi connectivity index (χ3n) is 11.1. The molecule has 6 amide bonds. The summed E-state index contributed by atoms with van der Waals surface area (Å²) in [5.41, 5.74) is 8.95. The summed E-state index contributed by atoms with van der Waals surface area (Å²) in [6.45, 7) is 10.7. The second-order valence-corrected chi connectivity index (χ2v) is 17.0. The summed E-state index contributed by atoms with van der Waals surface area (Å²) >= 11 is 0. The molecule has 426 valence electrons. The summed E-state index contributed by atoms with van der Waals surface area (Å²) in [6, 6.07) is 14.2. The number of nitrogens with zero attached hydrogens (tertiary/aromatic N) is 4. The zero-order chi connectivity index (χ0) is 55.1. The Kier molecular flexibility index (Phi) is 32.3. The minimum atomic E-state index is -1.07. The van der Waals surface area contributed by atoms with E-state index in [-0.39, 0.29) is 63.5 Å². The number of aliphatic imine (C=N–C) groups is 1. The average molecular weight is 1080 g/mol. The molecule has 0 saturated carbocycles. The quantitative estimate of drug-likeness (QED) is 0.0548. The lowest BCUT2D eigenvalue weighted by atomic mass is 10.0. The van der Waals surface area contributed by atoms with Crippen LogP contribution in [0.25, 0.3) is 6.08 Å². The topological polar surface area (TPSA) is 287 Å². The third kappa shape index (κ3) is 27.1. The van der Waals surface area contributed by atoms with Crippen molar-refractivity contribution in [1.82, 2.24) is 20.0 Å². The molecule has 24 nitrogen and oxygen atoms in total. The lowest BCUT2D eigenvalue weighted by molar-refractivity contribution is -0.141. The number of hydrogen-bond acceptors (Lipinski definition) is 18. The number of anilines is 1. The van der Waals surface area contributed by atoms with Gasteiger partial charge in [0.15, 0.2) is 0 Å². The maximum atomic E-state index is 13.8. The van der Waals surface area contributed by atoms with Crippen molar-refractivity contribution < 1.29 is 81.2 Å². The van der Waals surface area contributed by atoms with E-state index in [1.165, 1.54) is 4.90 Å². The van der Waals surface area contributed by atoms with Crippen LogP contribution in [0.3, 0.4) is 0 Å². The maximum Gasteiger partial charge on any atom is 0.407 e. The van der Waals surface area contributed by atoms with Crippen LogP contribution < -0.4 is 16.4 Å². The molecule has 0 atom stereocenters. The van der Waals surface area contributed by atoms with Gasteiger partial charge in [0.25, 0.3) is 17.7 Å². The molecule has 2 aromatic carbocycles. The van der Waals surface area contributed by atoms with Gasteiger partial charge in [0.05, 0.1) is 138 Å². The van der Waals surface area contributed by atoms with E-state index in [1.54, 1.807) is 41.3 Å². The summed E-state index contributed by atoms with van der Waals surface area (Å²) in [6.07, 6.45) is 4.21.